The number of aryl methyl sites for hydroxylation is 1. The van der Waals surface area contributed by atoms with Crippen LogP contribution in [0.4, 0.5) is 0 Å². The Kier molecular flexibility index (Phi) is 6.96. The van der Waals surface area contributed by atoms with Crippen molar-refractivity contribution >= 4 is 29.1 Å². The number of benzene rings is 2. The predicted octanol–water partition coefficient (Wildman–Crippen LogP) is 5.49. The molecule has 1 aromatic heterocycles. The highest BCUT2D eigenvalue weighted by Gasteiger charge is 2.26. The Morgan fingerprint density at radius 1 is 1.13 bits per heavy atom. The molecule has 2 heterocycles. The average molecular weight is 458 g/mol. The molecule has 1 N–H and O–H groups in total. The zero-order chi connectivity index (χ0) is 21.8. The van der Waals surface area contributed by atoms with Gasteiger partial charge in [-0.1, -0.05) is 41.4 Å². The zero-order valence-electron chi connectivity index (χ0n) is 17.4. The molecule has 1 saturated heterocycles. The number of amides is 1. The van der Waals surface area contributed by atoms with Crippen LogP contribution in [-0.4, -0.2) is 28.9 Å². The lowest BCUT2D eigenvalue weighted by molar-refractivity contribution is -0.126. The lowest BCUT2D eigenvalue weighted by atomic mass is 9.95. The van der Waals surface area contributed by atoms with Crippen LogP contribution in [0.1, 0.15) is 29.9 Å². The highest BCUT2D eigenvalue weighted by atomic mass is 35.5. The SMILES string of the molecule is Cc1oc(-c2cccc(Cl)c2)nc1CN1CCC(C(=O)NCc2ccc(Cl)cc2)CC1. The van der Waals surface area contributed by atoms with Gasteiger partial charge >= 0.3 is 0 Å². The number of halogens is 2. The van der Waals surface area contributed by atoms with Gasteiger partial charge in [-0.05, 0) is 68.8 Å². The molecule has 2 aromatic carbocycles. The van der Waals surface area contributed by atoms with Crippen molar-refractivity contribution in [2.75, 3.05) is 13.1 Å². The maximum absolute atomic E-state index is 12.6. The van der Waals surface area contributed by atoms with E-state index in [4.69, 9.17) is 27.6 Å². The van der Waals surface area contributed by atoms with Crippen molar-refractivity contribution in [1.82, 2.24) is 15.2 Å². The molecular weight excluding hydrogens is 433 g/mol. The average Bonchev–Trinajstić information content (AvgIpc) is 3.14. The second-order valence-electron chi connectivity index (χ2n) is 7.93. The van der Waals surface area contributed by atoms with Crippen LogP contribution in [0.15, 0.2) is 52.9 Å². The Morgan fingerprint density at radius 2 is 1.87 bits per heavy atom. The molecule has 0 bridgehead atoms. The second kappa shape index (κ2) is 9.86. The molecule has 0 radical (unpaired) electrons. The maximum Gasteiger partial charge on any atom is 0.226 e. The summed E-state index contributed by atoms with van der Waals surface area (Å²) in [5, 5.41) is 4.41. The molecule has 1 amide bonds. The van der Waals surface area contributed by atoms with Crippen molar-refractivity contribution < 1.29 is 9.21 Å². The summed E-state index contributed by atoms with van der Waals surface area (Å²) < 4.78 is 5.87. The highest BCUT2D eigenvalue weighted by Crippen LogP contribution is 2.26. The van der Waals surface area contributed by atoms with Gasteiger partial charge < -0.3 is 9.73 Å². The Morgan fingerprint density at radius 3 is 2.58 bits per heavy atom. The number of hydrogen-bond acceptors (Lipinski definition) is 4. The van der Waals surface area contributed by atoms with Gasteiger partial charge in [-0.2, -0.15) is 0 Å². The van der Waals surface area contributed by atoms with Gasteiger partial charge in [-0.15, -0.1) is 0 Å². The number of carbonyl (C=O) groups excluding carboxylic acids is 1. The minimum atomic E-state index is 0.0453. The van der Waals surface area contributed by atoms with Crippen molar-refractivity contribution in [2.24, 2.45) is 5.92 Å². The van der Waals surface area contributed by atoms with Crippen molar-refractivity contribution in [3.05, 3.63) is 75.6 Å². The third kappa shape index (κ3) is 5.67. The minimum absolute atomic E-state index is 0.0453. The van der Waals surface area contributed by atoms with Crippen LogP contribution in [0.25, 0.3) is 11.5 Å². The van der Waals surface area contributed by atoms with Crippen LogP contribution in [0.3, 0.4) is 0 Å². The van der Waals surface area contributed by atoms with Gasteiger partial charge in [0.25, 0.3) is 0 Å². The van der Waals surface area contributed by atoms with Crippen molar-refractivity contribution in [3.8, 4) is 11.5 Å². The lowest BCUT2D eigenvalue weighted by Gasteiger charge is -2.30. The molecule has 5 nitrogen and oxygen atoms in total. The summed E-state index contributed by atoms with van der Waals surface area (Å²) in [6.45, 7) is 4.90. The normalized spacial score (nSPS) is 15.2. The Bertz CT molecular complexity index is 1040. The van der Waals surface area contributed by atoms with Gasteiger partial charge in [0.2, 0.25) is 11.8 Å². The molecule has 1 aliphatic heterocycles. The first kappa shape index (κ1) is 21.9. The summed E-state index contributed by atoms with van der Waals surface area (Å²) in [5.41, 5.74) is 2.85. The molecule has 3 aromatic rings. The van der Waals surface area contributed by atoms with Crippen LogP contribution in [0, 0.1) is 12.8 Å². The van der Waals surface area contributed by atoms with E-state index in [0.29, 0.717) is 22.5 Å². The van der Waals surface area contributed by atoms with Crippen molar-refractivity contribution in [3.63, 3.8) is 0 Å². The molecule has 1 aliphatic rings. The summed E-state index contributed by atoms with van der Waals surface area (Å²) in [6, 6.07) is 15.1. The summed E-state index contributed by atoms with van der Waals surface area (Å²) in [4.78, 5) is 19.6. The third-order valence-corrected chi connectivity index (χ3v) is 6.16. The van der Waals surface area contributed by atoms with E-state index in [1.165, 1.54) is 0 Å². The number of likely N-dealkylation sites (tertiary alicyclic amines) is 1. The summed E-state index contributed by atoms with van der Waals surface area (Å²) in [7, 11) is 0. The quantitative estimate of drug-likeness (QED) is 0.531. The van der Waals surface area contributed by atoms with Crippen molar-refractivity contribution in [1.29, 1.82) is 0 Å². The molecule has 162 valence electrons. The molecular formula is C24H25Cl2N3O2. The van der Waals surface area contributed by atoms with E-state index in [9.17, 15) is 4.79 Å². The molecule has 0 saturated carbocycles. The molecule has 4 rings (SSSR count). The molecule has 0 aliphatic carbocycles. The monoisotopic (exact) mass is 457 g/mol. The van der Waals surface area contributed by atoms with Crippen LogP contribution >= 0.6 is 23.2 Å². The summed E-state index contributed by atoms with van der Waals surface area (Å²) in [6.07, 6.45) is 1.68. The number of nitrogens with one attached hydrogen (secondary N) is 1. The largest absolute Gasteiger partial charge is 0.441 e. The number of hydrogen-bond donors (Lipinski definition) is 1. The fourth-order valence-electron chi connectivity index (χ4n) is 3.82. The molecule has 1 fully saturated rings. The van der Waals surface area contributed by atoms with Crippen LogP contribution in [0.5, 0.6) is 0 Å². The standard InChI is InChI=1S/C24H25Cl2N3O2/c1-16-22(28-24(31-16)19-3-2-4-21(26)13-19)15-29-11-9-18(10-12-29)23(30)27-14-17-5-7-20(25)8-6-17/h2-8,13,18H,9-12,14-15H2,1H3,(H,27,30). The van der Waals surface area contributed by atoms with E-state index in [1.54, 1.807) is 0 Å². The maximum atomic E-state index is 12.6. The van der Waals surface area contributed by atoms with Crippen LogP contribution in [0.2, 0.25) is 10.0 Å². The first-order valence-corrected chi connectivity index (χ1v) is 11.2. The van der Waals surface area contributed by atoms with Gasteiger partial charge in [-0.3, -0.25) is 9.69 Å². The first-order valence-electron chi connectivity index (χ1n) is 10.4. The Labute approximate surface area is 192 Å². The van der Waals surface area contributed by atoms with E-state index in [2.05, 4.69) is 15.2 Å². The Hall–Kier alpha value is -2.34. The van der Waals surface area contributed by atoms with Crippen LogP contribution < -0.4 is 5.32 Å². The molecule has 31 heavy (non-hydrogen) atoms. The van der Waals surface area contributed by atoms with Gasteiger partial charge in [0, 0.05) is 34.6 Å². The summed E-state index contributed by atoms with van der Waals surface area (Å²) in [5.74, 6) is 1.57. The smallest absolute Gasteiger partial charge is 0.226 e. The fourth-order valence-corrected chi connectivity index (χ4v) is 4.14. The van der Waals surface area contributed by atoms with E-state index >= 15 is 0 Å². The van der Waals surface area contributed by atoms with E-state index in [0.717, 1.165) is 55.1 Å². The fraction of sp³-hybridized carbons (Fsp3) is 0.333. The van der Waals surface area contributed by atoms with Crippen molar-refractivity contribution in [2.45, 2.75) is 32.9 Å². The van der Waals surface area contributed by atoms with E-state index in [1.807, 2.05) is 55.5 Å². The van der Waals surface area contributed by atoms with Gasteiger partial charge in [0.1, 0.15) is 5.76 Å². The number of rotatable bonds is 6. The predicted molar refractivity (Wildman–Crippen MR) is 123 cm³/mol. The van der Waals surface area contributed by atoms with E-state index < -0.39 is 0 Å². The number of oxazole rings is 1. The third-order valence-electron chi connectivity index (χ3n) is 5.68. The van der Waals surface area contributed by atoms with Gasteiger partial charge in [0.15, 0.2) is 0 Å². The van der Waals surface area contributed by atoms with E-state index in [-0.39, 0.29) is 11.8 Å². The minimum Gasteiger partial charge on any atom is -0.441 e. The zero-order valence-corrected chi connectivity index (χ0v) is 18.9. The lowest BCUT2D eigenvalue weighted by Crippen LogP contribution is -2.40. The number of carbonyl (C=O) groups is 1. The molecule has 0 spiro atoms. The molecule has 0 unspecified atom stereocenters. The summed E-state index contributed by atoms with van der Waals surface area (Å²) >= 11 is 12.0. The van der Waals surface area contributed by atoms with Gasteiger partial charge in [0.05, 0.1) is 5.69 Å². The number of piperidine rings is 1. The number of nitrogens with zero attached hydrogens (tertiary/aromatic N) is 2. The Balaban J connectivity index is 1.28. The number of aromatic nitrogens is 1. The molecule has 0 atom stereocenters. The molecule has 7 heteroatoms. The van der Waals surface area contributed by atoms with Crippen LogP contribution in [-0.2, 0) is 17.9 Å². The first-order chi connectivity index (χ1) is 15.0. The second-order valence-corrected chi connectivity index (χ2v) is 8.80. The van der Waals surface area contributed by atoms with Gasteiger partial charge in [-0.25, -0.2) is 4.98 Å². The highest BCUT2D eigenvalue weighted by molar-refractivity contribution is 6.31. The topological polar surface area (TPSA) is 58.4 Å².